The quantitative estimate of drug-likeness (QED) is 0.793. The molecule has 1 aromatic carbocycles. The van der Waals surface area contributed by atoms with Gasteiger partial charge in [-0.2, -0.15) is 0 Å². The van der Waals surface area contributed by atoms with E-state index in [2.05, 4.69) is 44.3 Å². The van der Waals surface area contributed by atoms with Gasteiger partial charge in [0.2, 0.25) is 5.91 Å². The highest BCUT2D eigenvalue weighted by atomic mass is 35.5. The Hall–Kier alpha value is -0.710. The van der Waals surface area contributed by atoms with Crippen molar-refractivity contribution in [2.45, 2.75) is 44.7 Å². The van der Waals surface area contributed by atoms with E-state index in [9.17, 15) is 4.79 Å². The molecule has 20 heavy (non-hydrogen) atoms. The van der Waals surface area contributed by atoms with E-state index in [1.807, 2.05) is 6.26 Å². The average molecular weight is 317 g/mol. The SMILES string of the molecule is CSc1cc(C)ccc1CNC(=O)[C@@H](N)CC(C)C.Cl. The molecule has 3 nitrogen and oxygen atoms in total. The lowest BCUT2D eigenvalue weighted by molar-refractivity contribution is -0.122. The molecule has 114 valence electrons. The summed E-state index contributed by atoms with van der Waals surface area (Å²) in [5.41, 5.74) is 8.23. The van der Waals surface area contributed by atoms with Crippen molar-refractivity contribution < 1.29 is 4.79 Å². The summed E-state index contributed by atoms with van der Waals surface area (Å²) in [6.45, 7) is 6.75. The van der Waals surface area contributed by atoms with Crippen LogP contribution in [0.2, 0.25) is 0 Å². The van der Waals surface area contributed by atoms with Gasteiger partial charge in [0.15, 0.2) is 0 Å². The number of aryl methyl sites for hydroxylation is 1. The third kappa shape index (κ3) is 6.16. The number of amides is 1. The number of carbonyl (C=O) groups is 1. The number of hydrogen-bond donors (Lipinski definition) is 2. The first-order chi connectivity index (χ1) is 8.93. The summed E-state index contributed by atoms with van der Waals surface area (Å²) < 4.78 is 0. The van der Waals surface area contributed by atoms with E-state index < -0.39 is 6.04 Å². The van der Waals surface area contributed by atoms with Crippen LogP contribution in [-0.4, -0.2) is 18.2 Å². The predicted molar refractivity (Wildman–Crippen MR) is 89.5 cm³/mol. The van der Waals surface area contributed by atoms with Crippen LogP contribution in [0.5, 0.6) is 0 Å². The largest absolute Gasteiger partial charge is 0.351 e. The Morgan fingerprint density at radius 1 is 1.40 bits per heavy atom. The minimum atomic E-state index is -0.414. The first-order valence-electron chi connectivity index (χ1n) is 6.60. The van der Waals surface area contributed by atoms with Crippen LogP contribution in [0.4, 0.5) is 0 Å². The van der Waals surface area contributed by atoms with Crippen LogP contribution in [0.3, 0.4) is 0 Å². The number of thioether (sulfide) groups is 1. The second-order valence-corrected chi connectivity index (χ2v) is 6.12. The van der Waals surface area contributed by atoms with Crippen LogP contribution in [0.15, 0.2) is 23.1 Å². The number of benzene rings is 1. The first-order valence-corrected chi connectivity index (χ1v) is 7.83. The van der Waals surface area contributed by atoms with Crippen molar-refractivity contribution in [1.82, 2.24) is 5.32 Å². The molecule has 0 saturated carbocycles. The molecule has 0 saturated heterocycles. The zero-order valence-corrected chi connectivity index (χ0v) is 14.2. The van der Waals surface area contributed by atoms with Crippen molar-refractivity contribution in [2.24, 2.45) is 11.7 Å². The molecule has 0 spiro atoms. The fraction of sp³-hybridized carbons (Fsp3) is 0.533. The third-order valence-corrected chi connectivity index (χ3v) is 3.78. The Morgan fingerprint density at radius 3 is 2.60 bits per heavy atom. The van der Waals surface area contributed by atoms with Gasteiger partial charge in [0, 0.05) is 11.4 Å². The van der Waals surface area contributed by atoms with Crippen molar-refractivity contribution in [3.8, 4) is 0 Å². The van der Waals surface area contributed by atoms with E-state index >= 15 is 0 Å². The number of halogens is 1. The lowest BCUT2D eigenvalue weighted by Gasteiger charge is -2.15. The van der Waals surface area contributed by atoms with Crippen LogP contribution in [0.25, 0.3) is 0 Å². The van der Waals surface area contributed by atoms with Crippen molar-refractivity contribution in [3.63, 3.8) is 0 Å². The zero-order chi connectivity index (χ0) is 14.4. The maximum atomic E-state index is 11.9. The maximum absolute atomic E-state index is 11.9. The second kappa shape index (κ2) is 9.27. The summed E-state index contributed by atoms with van der Waals surface area (Å²) >= 11 is 1.70. The molecule has 1 atom stereocenters. The standard InChI is InChI=1S/C15H24N2OS.ClH/c1-10(2)7-13(16)15(18)17-9-12-6-5-11(3)8-14(12)19-4;/h5-6,8,10,13H,7,9,16H2,1-4H3,(H,17,18);1H/t13-;/m0./s1. The number of hydrogen-bond acceptors (Lipinski definition) is 3. The summed E-state index contributed by atoms with van der Waals surface area (Å²) in [6.07, 6.45) is 2.76. The van der Waals surface area contributed by atoms with Gasteiger partial charge in [-0.1, -0.05) is 26.0 Å². The van der Waals surface area contributed by atoms with Gasteiger partial charge in [-0.3, -0.25) is 4.79 Å². The third-order valence-electron chi connectivity index (χ3n) is 2.96. The van der Waals surface area contributed by atoms with Gasteiger partial charge in [-0.25, -0.2) is 0 Å². The van der Waals surface area contributed by atoms with E-state index in [-0.39, 0.29) is 18.3 Å². The minimum Gasteiger partial charge on any atom is -0.351 e. The topological polar surface area (TPSA) is 55.1 Å². The van der Waals surface area contributed by atoms with Gasteiger partial charge in [0.25, 0.3) is 0 Å². The lowest BCUT2D eigenvalue weighted by atomic mass is 10.0. The van der Waals surface area contributed by atoms with Crippen LogP contribution in [-0.2, 0) is 11.3 Å². The Balaban J connectivity index is 0.00000361. The first kappa shape index (κ1) is 19.3. The monoisotopic (exact) mass is 316 g/mol. The Kier molecular flexibility index (Phi) is 8.94. The summed E-state index contributed by atoms with van der Waals surface area (Å²) in [7, 11) is 0. The zero-order valence-electron chi connectivity index (χ0n) is 12.6. The molecule has 5 heteroatoms. The lowest BCUT2D eigenvalue weighted by Crippen LogP contribution is -2.41. The highest BCUT2D eigenvalue weighted by molar-refractivity contribution is 7.98. The molecule has 3 N–H and O–H groups in total. The fourth-order valence-electron chi connectivity index (χ4n) is 1.93. The number of nitrogens with two attached hydrogens (primary N) is 1. The summed E-state index contributed by atoms with van der Waals surface area (Å²) in [4.78, 5) is 13.1. The molecular formula is C15H25ClN2OS. The van der Waals surface area contributed by atoms with Crippen LogP contribution in [0, 0.1) is 12.8 Å². The fourth-order valence-corrected chi connectivity index (χ4v) is 2.63. The van der Waals surface area contributed by atoms with Crippen molar-refractivity contribution >= 4 is 30.1 Å². The molecule has 0 aliphatic rings. The molecule has 0 heterocycles. The summed E-state index contributed by atoms with van der Waals surface area (Å²) in [5.74, 6) is 0.364. The molecule has 0 aliphatic carbocycles. The summed E-state index contributed by atoms with van der Waals surface area (Å²) in [5, 5.41) is 2.92. The van der Waals surface area contributed by atoms with Gasteiger partial charge < -0.3 is 11.1 Å². The summed E-state index contributed by atoms with van der Waals surface area (Å²) in [6, 6.07) is 5.85. The Labute approximate surface area is 132 Å². The van der Waals surface area contributed by atoms with Gasteiger partial charge >= 0.3 is 0 Å². The highest BCUT2D eigenvalue weighted by Crippen LogP contribution is 2.21. The van der Waals surface area contributed by atoms with Crippen LogP contribution >= 0.6 is 24.2 Å². The highest BCUT2D eigenvalue weighted by Gasteiger charge is 2.14. The maximum Gasteiger partial charge on any atom is 0.237 e. The number of nitrogens with one attached hydrogen (secondary N) is 1. The van der Waals surface area contributed by atoms with Crippen LogP contribution < -0.4 is 11.1 Å². The normalized spacial score (nSPS) is 11.9. The minimum absolute atomic E-state index is 0. The van der Waals surface area contributed by atoms with Crippen LogP contribution in [0.1, 0.15) is 31.4 Å². The molecule has 0 fully saturated rings. The van der Waals surface area contributed by atoms with E-state index in [0.717, 1.165) is 12.0 Å². The van der Waals surface area contributed by atoms with Crippen molar-refractivity contribution in [1.29, 1.82) is 0 Å². The van der Waals surface area contributed by atoms with Crippen molar-refractivity contribution in [2.75, 3.05) is 6.26 Å². The molecule has 1 amide bonds. The Morgan fingerprint density at radius 2 is 2.05 bits per heavy atom. The second-order valence-electron chi connectivity index (χ2n) is 5.27. The van der Waals surface area contributed by atoms with Gasteiger partial charge in [-0.15, -0.1) is 24.2 Å². The average Bonchev–Trinajstić information content (AvgIpc) is 2.35. The molecule has 1 aromatic rings. The van der Waals surface area contributed by atoms with E-state index in [4.69, 9.17) is 5.73 Å². The number of rotatable bonds is 6. The molecule has 0 bridgehead atoms. The molecule has 0 radical (unpaired) electrons. The van der Waals surface area contributed by atoms with Gasteiger partial charge in [-0.05, 0) is 42.7 Å². The predicted octanol–water partition coefficient (Wildman–Crippen LogP) is 3.13. The van der Waals surface area contributed by atoms with E-state index in [1.54, 1.807) is 11.8 Å². The van der Waals surface area contributed by atoms with Crippen molar-refractivity contribution in [3.05, 3.63) is 29.3 Å². The molecular weight excluding hydrogens is 292 g/mol. The molecule has 0 aromatic heterocycles. The molecule has 0 aliphatic heterocycles. The van der Waals surface area contributed by atoms with E-state index in [0.29, 0.717) is 12.5 Å². The smallest absolute Gasteiger partial charge is 0.237 e. The molecule has 1 rings (SSSR count). The van der Waals surface area contributed by atoms with E-state index in [1.165, 1.54) is 10.5 Å². The van der Waals surface area contributed by atoms with Gasteiger partial charge in [0.05, 0.1) is 6.04 Å². The Bertz CT molecular complexity index is 438. The molecule has 0 unspecified atom stereocenters. The van der Waals surface area contributed by atoms with Gasteiger partial charge in [0.1, 0.15) is 0 Å². The number of carbonyl (C=O) groups excluding carboxylic acids is 1.